The maximum atomic E-state index is 3.72. The molecule has 33 heavy (non-hydrogen) atoms. The van der Waals surface area contributed by atoms with E-state index in [0.717, 1.165) is 24.0 Å². The zero-order valence-electron chi connectivity index (χ0n) is 21.4. The van der Waals surface area contributed by atoms with Gasteiger partial charge in [-0.05, 0) is 0 Å². The van der Waals surface area contributed by atoms with Gasteiger partial charge in [0, 0.05) is 0 Å². The van der Waals surface area contributed by atoms with Crippen molar-refractivity contribution in [2.24, 2.45) is 0 Å². The molecule has 0 atom stereocenters. The summed E-state index contributed by atoms with van der Waals surface area (Å²) in [5, 5.41) is 0. The van der Waals surface area contributed by atoms with Gasteiger partial charge in [0.15, 0.2) is 0 Å². The van der Waals surface area contributed by atoms with Gasteiger partial charge in [-0.1, -0.05) is 12.1 Å². The standard InChI is InChI=1S/2C7H7.2C5H4.6CH3.2Sn.Zr/c2*1-7-5-3-2-4-6-7;2*1-2-4-5-3-1;;;;;;;;;/h2*2-6H,1H2;2*1-2H,3H2;6*1H3;;;/q4*-1;;;;;;;;;+4. The van der Waals surface area contributed by atoms with Crippen LogP contribution in [0.15, 0.2) is 92.1 Å². The van der Waals surface area contributed by atoms with Gasteiger partial charge in [-0.3, -0.25) is 0 Å². The van der Waals surface area contributed by atoms with Crippen LogP contribution >= 0.6 is 0 Å². The Kier molecular flexibility index (Phi) is 16.9. The molecule has 0 radical (unpaired) electrons. The SMILES string of the molecule is [CH2-]c1ccccc1.[CH2-]c1ccccc1.[CH3][Sn]([CH3])([CH3])[C]1=[C-]CC=C1.[CH3][Sn]([CH3])([CH3])[C]1=[C-]CC=C1.[Zr+4]. The van der Waals surface area contributed by atoms with Crippen LogP contribution in [0.25, 0.3) is 0 Å². The first-order valence-corrected chi connectivity index (χ1v) is 31.3. The normalized spacial score (nSPS) is 13.6. The van der Waals surface area contributed by atoms with E-state index in [-0.39, 0.29) is 26.2 Å². The minimum absolute atomic E-state index is 0. The third-order valence-corrected chi connectivity index (χ3v) is 15.9. The number of allylic oxidation sites excluding steroid dienone is 8. The molecule has 0 bridgehead atoms. The van der Waals surface area contributed by atoms with E-state index in [1.54, 1.807) is 7.18 Å². The first kappa shape index (κ1) is 32.6. The second kappa shape index (κ2) is 17.1. The molecule has 0 spiro atoms. The van der Waals surface area contributed by atoms with Crippen LogP contribution in [0, 0.1) is 26.0 Å². The molecule has 0 unspecified atom stereocenters. The Balaban J connectivity index is 0.000000412. The second-order valence-corrected chi connectivity index (χ2v) is 38.6. The van der Waals surface area contributed by atoms with Crippen LogP contribution in [0.5, 0.6) is 0 Å². The minimum Gasteiger partial charge on any atom is 4.00 e. The molecule has 0 aliphatic heterocycles. The summed E-state index contributed by atoms with van der Waals surface area (Å²) >= 11 is -3.35. The number of rotatable bonds is 2. The Morgan fingerprint density at radius 3 is 1.00 bits per heavy atom. The first-order valence-electron chi connectivity index (χ1n) is 11.3. The van der Waals surface area contributed by atoms with Gasteiger partial charge < -0.3 is 0 Å². The molecule has 3 heteroatoms. The molecule has 0 saturated heterocycles. The van der Waals surface area contributed by atoms with Crippen molar-refractivity contribution in [2.75, 3.05) is 0 Å². The van der Waals surface area contributed by atoms with Crippen molar-refractivity contribution in [3.8, 4) is 0 Å². The van der Waals surface area contributed by atoms with E-state index in [0.29, 0.717) is 0 Å². The van der Waals surface area contributed by atoms with Gasteiger partial charge in [0.25, 0.3) is 0 Å². The molecule has 0 amide bonds. The van der Waals surface area contributed by atoms with Crippen LogP contribution in [0.2, 0.25) is 29.6 Å². The fourth-order valence-electron chi connectivity index (χ4n) is 2.80. The van der Waals surface area contributed by atoms with Gasteiger partial charge in [0.2, 0.25) is 0 Å². The number of benzene rings is 2. The van der Waals surface area contributed by atoms with Crippen LogP contribution in [-0.4, -0.2) is 36.8 Å². The van der Waals surface area contributed by atoms with Crippen molar-refractivity contribution in [2.45, 2.75) is 42.5 Å². The van der Waals surface area contributed by atoms with E-state index >= 15 is 0 Å². The average Bonchev–Trinajstić information content (AvgIpc) is 3.44. The Morgan fingerprint density at radius 1 is 0.576 bits per heavy atom. The molecule has 2 aromatic rings. The summed E-state index contributed by atoms with van der Waals surface area (Å²) in [4.78, 5) is 14.5. The van der Waals surface area contributed by atoms with Crippen LogP contribution in [0.4, 0.5) is 0 Å². The van der Waals surface area contributed by atoms with E-state index in [2.05, 4.69) is 79.9 Å². The largest absolute Gasteiger partial charge is 4.00 e. The molecule has 172 valence electrons. The summed E-state index contributed by atoms with van der Waals surface area (Å²) in [7, 11) is 0. The smallest absolute Gasteiger partial charge is 4.00 e. The molecule has 2 aromatic carbocycles. The van der Waals surface area contributed by atoms with Gasteiger partial charge in [0.1, 0.15) is 0 Å². The van der Waals surface area contributed by atoms with Gasteiger partial charge >= 0.3 is 149 Å². The maximum Gasteiger partial charge on any atom is 4.00 e. The molecule has 2 aliphatic rings. The maximum absolute atomic E-state index is 3.72. The fraction of sp³-hybridized carbons (Fsp3) is 0.267. The van der Waals surface area contributed by atoms with Crippen LogP contribution in [0.3, 0.4) is 0 Å². The van der Waals surface area contributed by atoms with Crippen molar-refractivity contribution in [1.29, 1.82) is 0 Å². The van der Waals surface area contributed by atoms with Crippen molar-refractivity contribution in [3.05, 3.63) is 129 Å². The summed E-state index contributed by atoms with van der Waals surface area (Å²) in [5.41, 5.74) is 2.14. The Bertz CT molecular complexity index is 816. The van der Waals surface area contributed by atoms with Gasteiger partial charge in [-0.25, -0.2) is 0 Å². The minimum atomic E-state index is -1.67. The second-order valence-electron chi connectivity index (χ2n) is 9.87. The summed E-state index contributed by atoms with van der Waals surface area (Å²) in [5.74, 6) is 0. The zero-order valence-corrected chi connectivity index (χ0v) is 29.6. The van der Waals surface area contributed by atoms with Crippen molar-refractivity contribution < 1.29 is 26.2 Å². The molecule has 2 aliphatic carbocycles. The zero-order chi connectivity index (χ0) is 24.0. The third-order valence-electron chi connectivity index (χ3n) is 4.69. The molecule has 0 saturated carbocycles. The predicted molar refractivity (Wildman–Crippen MR) is 150 cm³/mol. The molecular formula is C30H40Sn2Zr. The topological polar surface area (TPSA) is 0 Å². The Morgan fingerprint density at radius 2 is 0.879 bits per heavy atom. The average molecular weight is 729 g/mol. The molecule has 0 nitrogen and oxygen atoms in total. The van der Waals surface area contributed by atoms with Gasteiger partial charge in [0.05, 0.1) is 0 Å². The van der Waals surface area contributed by atoms with E-state index in [1.807, 2.05) is 60.7 Å². The first-order chi connectivity index (χ1) is 15.0. The van der Waals surface area contributed by atoms with Crippen LogP contribution < -0.4 is 0 Å². The van der Waals surface area contributed by atoms with Crippen molar-refractivity contribution in [1.82, 2.24) is 0 Å². The van der Waals surface area contributed by atoms with Crippen molar-refractivity contribution >= 4 is 36.8 Å². The van der Waals surface area contributed by atoms with Crippen LogP contribution in [0.1, 0.15) is 24.0 Å². The number of hydrogen-bond donors (Lipinski definition) is 0. The fourth-order valence-corrected chi connectivity index (χ4v) is 9.93. The van der Waals surface area contributed by atoms with E-state index in [4.69, 9.17) is 0 Å². The molecule has 0 heterocycles. The predicted octanol–water partition coefficient (Wildman–Crippen LogP) is 8.84. The Labute approximate surface area is 232 Å². The quantitative estimate of drug-likeness (QED) is 0.214. The summed E-state index contributed by atoms with van der Waals surface area (Å²) < 4.78 is 3.12. The van der Waals surface area contributed by atoms with Crippen LogP contribution in [-0.2, 0) is 26.2 Å². The molecule has 4 rings (SSSR count). The summed E-state index contributed by atoms with van der Waals surface area (Å²) in [6.07, 6.45) is 17.8. The molecular weight excluding hydrogens is 689 g/mol. The number of hydrogen-bond acceptors (Lipinski definition) is 0. The van der Waals surface area contributed by atoms with E-state index in [9.17, 15) is 0 Å². The van der Waals surface area contributed by atoms with Gasteiger partial charge in [-0.15, -0.1) is 24.3 Å². The summed E-state index contributed by atoms with van der Waals surface area (Å²) in [6, 6.07) is 19.7. The van der Waals surface area contributed by atoms with Gasteiger partial charge in [-0.2, -0.15) is 49.2 Å². The van der Waals surface area contributed by atoms with E-state index < -0.39 is 36.8 Å². The molecule has 0 aromatic heterocycles. The van der Waals surface area contributed by atoms with Crippen molar-refractivity contribution in [3.63, 3.8) is 0 Å². The molecule has 0 N–H and O–H groups in total. The molecule has 0 fully saturated rings. The van der Waals surface area contributed by atoms with E-state index in [1.165, 1.54) is 0 Å². The monoisotopic (exact) mass is 730 g/mol. The summed E-state index contributed by atoms with van der Waals surface area (Å²) in [6.45, 7) is 7.44. The Hall–Kier alpha value is -0.379. The third kappa shape index (κ3) is 16.0.